The molecule has 2 atom stereocenters. The van der Waals surface area contributed by atoms with Crippen LogP contribution in [0.15, 0.2) is 30.3 Å². The summed E-state index contributed by atoms with van der Waals surface area (Å²) in [4.78, 5) is 1.15. The molecule has 4 heteroatoms. The summed E-state index contributed by atoms with van der Waals surface area (Å²) in [7, 11) is 0. The van der Waals surface area contributed by atoms with Crippen LogP contribution in [0.5, 0.6) is 0 Å². The molecule has 5 saturated carbocycles. The number of nitrogens with one attached hydrogen (secondary N) is 1. The monoisotopic (exact) mass is 416 g/mol. The molecule has 5 fully saturated rings. The molecule has 5 aliphatic carbocycles. The average molecular weight is 417 g/mol. The number of benzene rings is 1. The van der Waals surface area contributed by atoms with Crippen molar-refractivity contribution in [3.63, 3.8) is 0 Å². The third-order valence-electron chi connectivity index (χ3n) is 8.52. The Balaban J connectivity index is 1.37. The smallest absolute Gasteiger partial charge is 0.0792 e. The molecule has 152 valence electrons. The number of rotatable bonds is 4. The molecule has 4 bridgehead atoms. The van der Waals surface area contributed by atoms with Gasteiger partial charge in [-0.1, -0.05) is 42.5 Å². The van der Waals surface area contributed by atoms with Crippen LogP contribution in [0.2, 0.25) is 0 Å². The first-order valence-electron chi connectivity index (χ1n) is 11.2. The van der Waals surface area contributed by atoms with Crippen molar-refractivity contribution in [2.45, 2.75) is 75.3 Å². The average Bonchev–Trinajstić information content (AvgIpc) is 2.70. The van der Waals surface area contributed by atoms with Crippen molar-refractivity contribution in [3.8, 4) is 0 Å². The molecule has 6 rings (SSSR count). The van der Waals surface area contributed by atoms with E-state index in [1.165, 1.54) is 50.5 Å². The first-order valence-corrected chi connectivity index (χ1v) is 12.1. The van der Waals surface area contributed by atoms with Crippen molar-refractivity contribution in [1.82, 2.24) is 5.32 Å². The van der Waals surface area contributed by atoms with Crippen LogP contribution >= 0.6 is 23.8 Å². The van der Waals surface area contributed by atoms with Crippen LogP contribution in [-0.2, 0) is 5.41 Å². The topological polar surface area (TPSA) is 38.0 Å². The van der Waals surface area contributed by atoms with E-state index in [0.29, 0.717) is 40.7 Å². The molecular weight excluding hydrogens is 384 g/mol. The second kappa shape index (κ2) is 7.25. The number of hydrogen-bond acceptors (Lipinski definition) is 2. The van der Waals surface area contributed by atoms with Crippen molar-refractivity contribution in [2.24, 2.45) is 28.9 Å². The standard InChI is InChI=1S/C24H33ClN2S/c25-15-23-10-16-12-24(14-23,18-4-2-1-3-5-18)13-17(11-23)21(16)22(28)27-20-8-6-19(26)7-9-20/h1-5,16-17,19-21H,6-15,26H2,(H,27,28)/t16?,17?,19-,20-,21?,23?,24?. The van der Waals surface area contributed by atoms with Crippen molar-refractivity contribution >= 4 is 28.8 Å². The number of hydrogen-bond donors (Lipinski definition) is 2. The molecule has 5 aliphatic rings. The van der Waals surface area contributed by atoms with Gasteiger partial charge in [0.15, 0.2) is 0 Å². The van der Waals surface area contributed by atoms with Crippen molar-refractivity contribution in [3.05, 3.63) is 35.9 Å². The van der Waals surface area contributed by atoms with E-state index in [1.54, 1.807) is 0 Å². The zero-order valence-electron chi connectivity index (χ0n) is 16.7. The Morgan fingerprint density at radius 3 is 2.29 bits per heavy atom. The van der Waals surface area contributed by atoms with E-state index in [1.807, 2.05) is 0 Å². The van der Waals surface area contributed by atoms with Crippen LogP contribution in [0.3, 0.4) is 0 Å². The normalized spacial score (nSPS) is 44.4. The lowest BCUT2D eigenvalue weighted by Gasteiger charge is -2.65. The van der Waals surface area contributed by atoms with Crippen LogP contribution < -0.4 is 11.1 Å². The predicted octanol–water partition coefficient (Wildman–Crippen LogP) is 5.18. The molecule has 3 N–H and O–H groups in total. The summed E-state index contributed by atoms with van der Waals surface area (Å²) in [6.45, 7) is 0. The number of nitrogens with two attached hydrogens (primary N) is 1. The van der Waals surface area contributed by atoms with Gasteiger partial charge in [0.25, 0.3) is 0 Å². The summed E-state index contributed by atoms with van der Waals surface area (Å²) >= 11 is 12.7. The fourth-order valence-corrected chi connectivity index (χ4v) is 8.47. The molecule has 0 spiro atoms. The molecule has 0 heterocycles. The molecule has 0 amide bonds. The SMILES string of the molecule is N[C@H]1CC[C@H](NC(=S)C2C3CC4(CCl)CC2CC(c2ccccc2)(C3)C4)CC1. The predicted molar refractivity (Wildman–Crippen MR) is 121 cm³/mol. The van der Waals surface area contributed by atoms with Crippen LogP contribution in [-0.4, -0.2) is 23.0 Å². The van der Waals surface area contributed by atoms with E-state index >= 15 is 0 Å². The van der Waals surface area contributed by atoms with E-state index in [4.69, 9.17) is 29.6 Å². The third kappa shape index (κ3) is 3.22. The first kappa shape index (κ1) is 19.3. The van der Waals surface area contributed by atoms with Gasteiger partial charge in [-0.25, -0.2) is 0 Å². The summed E-state index contributed by atoms with van der Waals surface area (Å²) in [6, 6.07) is 12.2. The van der Waals surface area contributed by atoms with Crippen LogP contribution in [0.25, 0.3) is 0 Å². The van der Waals surface area contributed by atoms with Gasteiger partial charge in [0.2, 0.25) is 0 Å². The second-order valence-electron chi connectivity index (χ2n) is 10.4. The van der Waals surface area contributed by atoms with Gasteiger partial charge in [0, 0.05) is 23.9 Å². The summed E-state index contributed by atoms with van der Waals surface area (Å²) in [5, 5.41) is 3.79. The highest BCUT2D eigenvalue weighted by Crippen LogP contribution is 2.67. The minimum Gasteiger partial charge on any atom is -0.377 e. The van der Waals surface area contributed by atoms with Gasteiger partial charge in [-0.15, -0.1) is 11.6 Å². The molecule has 0 aromatic heterocycles. The Labute approximate surface area is 180 Å². The van der Waals surface area contributed by atoms with Gasteiger partial charge < -0.3 is 11.1 Å². The van der Waals surface area contributed by atoms with Gasteiger partial charge >= 0.3 is 0 Å². The van der Waals surface area contributed by atoms with E-state index in [2.05, 4.69) is 35.6 Å². The summed E-state index contributed by atoms with van der Waals surface area (Å²) in [6.07, 6.45) is 11.0. The van der Waals surface area contributed by atoms with Crippen LogP contribution in [0, 0.1) is 23.2 Å². The minimum absolute atomic E-state index is 0.325. The quantitative estimate of drug-likeness (QED) is 0.524. The maximum Gasteiger partial charge on any atom is 0.0792 e. The third-order valence-corrected chi connectivity index (χ3v) is 9.47. The molecule has 2 unspecified atom stereocenters. The Bertz CT molecular complexity index is 711. The largest absolute Gasteiger partial charge is 0.377 e. The van der Waals surface area contributed by atoms with E-state index in [-0.39, 0.29) is 0 Å². The van der Waals surface area contributed by atoms with Gasteiger partial charge in [-0.05, 0) is 86.0 Å². The zero-order valence-corrected chi connectivity index (χ0v) is 18.3. The molecule has 2 nitrogen and oxygen atoms in total. The highest BCUT2D eigenvalue weighted by Gasteiger charge is 2.61. The van der Waals surface area contributed by atoms with Crippen molar-refractivity contribution in [1.29, 1.82) is 0 Å². The van der Waals surface area contributed by atoms with Gasteiger partial charge in [-0.2, -0.15) is 0 Å². The highest BCUT2D eigenvalue weighted by atomic mass is 35.5. The molecule has 1 aromatic rings. The molecule has 28 heavy (non-hydrogen) atoms. The van der Waals surface area contributed by atoms with Crippen LogP contribution in [0.1, 0.15) is 63.4 Å². The van der Waals surface area contributed by atoms with Gasteiger partial charge in [0.1, 0.15) is 0 Å². The Morgan fingerprint density at radius 1 is 1.04 bits per heavy atom. The fraction of sp³-hybridized carbons (Fsp3) is 0.708. The number of alkyl halides is 1. The fourth-order valence-electron chi connectivity index (χ4n) is 7.60. The Morgan fingerprint density at radius 2 is 1.68 bits per heavy atom. The van der Waals surface area contributed by atoms with Gasteiger partial charge in [-0.3, -0.25) is 0 Å². The van der Waals surface area contributed by atoms with E-state index in [9.17, 15) is 0 Å². The first-order chi connectivity index (χ1) is 13.5. The zero-order chi connectivity index (χ0) is 19.4. The molecule has 0 saturated heterocycles. The maximum absolute atomic E-state index is 6.61. The second-order valence-corrected chi connectivity index (χ2v) is 11.1. The molecule has 0 aliphatic heterocycles. The summed E-state index contributed by atoms with van der Waals surface area (Å²) in [5.74, 6) is 2.73. The molecule has 0 radical (unpaired) electrons. The number of halogens is 1. The highest BCUT2D eigenvalue weighted by molar-refractivity contribution is 7.80. The molecular formula is C24H33ClN2S. The van der Waals surface area contributed by atoms with E-state index in [0.717, 1.165) is 23.7 Å². The van der Waals surface area contributed by atoms with E-state index < -0.39 is 0 Å². The Kier molecular flexibility index (Phi) is 5.00. The van der Waals surface area contributed by atoms with Gasteiger partial charge in [0.05, 0.1) is 4.99 Å². The summed E-state index contributed by atoms with van der Waals surface area (Å²) < 4.78 is 0. The lowest BCUT2D eigenvalue weighted by molar-refractivity contribution is -0.0810. The Hall–Kier alpha value is -0.640. The van der Waals surface area contributed by atoms with Crippen molar-refractivity contribution in [2.75, 3.05) is 5.88 Å². The van der Waals surface area contributed by atoms with Crippen LogP contribution in [0.4, 0.5) is 0 Å². The lowest BCUT2D eigenvalue weighted by atomic mass is 9.40. The number of thiocarbonyl (C=S) groups is 1. The minimum atomic E-state index is 0.325. The van der Waals surface area contributed by atoms with Crippen molar-refractivity contribution < 1.29 is 0 Å². The molecule has 1 aromatic carbocycles. The maximum atomic E-state index is 6.61. The lowest BCUT2D eigenvalue weighted by Crippen LogP contribution is -2.61. The summed E-state index contributed by atoms with van der Waals surface area (Å²) in [5.41, 5.74) is 8.28.